The number of hydrogen-bond donors (Lipinski definition) is 1. The minimum Gasteiger partial charge on any atom is -0.350 e. The van der Waals surface area contributed by atoms with Gasteiger partial charge < -0.3 is 10.2 Å². The van der Waals surface area contributed by atoms with Gasteiger partial charge in [0, 0.05) is 31.0 Å². The number of aromatic nitrogens is 1. The fourth-order valence-corrected chi connectivity index (χ4v) is 4.16. The highest BCUT2D eigenvalue weighted by molar-refractivity contribution is 5.94. The molecule has 4 rings (SSSR count). The van der Waals surface area contributed by atoms with E-state index in [-0.39, 0.29) is 23.3 Å². The molecule has 1 spiro atoms. The second-order valence-corrected chi connectivity index (χ2v) is 7.48. The topological polar surface area (TPSA) is 62.3 Å². The number of aryl methyl sites for hydroxylation is 1. The Hall–Kier alpha value is -2.69. The van der Waals surface area contributed by atoms with E-state index in [1.807, 2.05) is 48.2 Å². The molecule has 2 aliphatic rings. The number of amides is 2. The van der Waals surface area contributed by atoms with Crippen LogP contribution in [0.1, 0.15) is 46.7 Å². The molecular weight excluding hydrogens is 326 g/mol. The normalized spacial score (nSPS) is 21.7. The van der Waals surface area contributed by atoms with Crippen LogP contribution < -0.4 is 5.32 Å². The van der Waals surface area contributed by atoms with Crippen molar-refractivity contribution in [3.63, 3.8) is 0 Å². The van der Waals surface area contributed by atoms with Gasteiger partial charge in [0.05, 0.1) is 11.5 Å². The number of rotatable bonds is 2. The molecule has 1 N–H and O–H groups in total. The van der Waals surface area contributed by atoms with Crippen LogP contribution in [0.25, 0.3) is 0 Å². The number of benzene rings is 1. The van der Waals surface area contributed by atoms with E-state index in [4.69, 9.17) is 0 Å². The van der Waals surface area contributed by atoms with Gasteiger partial charge in [-0.2, -0.15) is 0 Å². The smallest absolute Gasteiger partial charge is 0.255 e. The molecule has 0 radical (unpaired) electrons. The largest absolute Gasteiger partial charge is 0.350 e. The summed E-state index contributed by atoms with van der Waals surface area (Å²) in [6.45, 7) is 3.26. The van der Waals surface area contributed by atoms with Crippen LogP contribution in [0.3, 0.4) is 0 Å². The van der Waals surface area contributed by atoms with Gasteiger partial charge in [0.2, 0.25) is 5.91 Å². The van der Waals surface area contributed by atoms with Gasteiger partial charge in [-0.15, -0.1) is 0 Å². The molecule has 26 heavy (non-hydrogen) atoms. The predicted octanol–water partition coefficient (Wildman–Crippen LogP) is 2.67. The minimum absolute atomic E-state index is 0.0278. The van der Waals surface area contributed by atoms with Crippen molar-refractivity contribution in [2.24, 2.45) is 0 Å². The lowest BCUT2D eigenvalue weighted by Crippen LogP contribution is -2.52. The summed E-state index contributed by atoms with van der Waals surface area (Å²) in [5, 5.41) is 3.24. The van der Waals surface area contributed by atoms with Gasteiger partial charge in [-0.25, -0.2) is 0 Å². The zero-order chi connectivity index (χ0) is 18.1. The second-order valence-electron chi connectivity index (χ2n) is 7.48. The summed E-state index contributed by atoms with van der Waals surface area (Å²) in [6, 6.07) is 11.8. The van der Waals surface area contributed by atoms with Gasteiger partial charge >= 0.3 is 0 Å². The molecule has 3 heterocycles. The summed E-state index contributed by atoms with van der Waals surface area (Å²) in [6.07, 6.45) is 5.78. The van der Waals surface area contributed by atoms with Gasteiger partial charge in [-0.1, -0.05) is 30.3 Å². The van der Waals surface area contributed by atoms with E-state index in [9.17, 15) is 9.59 Å². The Morgan fingerprint density at radius 1 is 1.19 bits per heavy atom. The fraction of sp³-hybridized carbons (Fsp3) is 0.381. The molecule has 1 atom stereocenters. The van der Waals surface area contributed by atoms with Gasteiger partial charge in [0.15, 0.2) is 0 Å². The molecule has 1 aromatic heterocycles. The van der Waals surface area contributed by atoms with Crippen LogP contribution in [0.15, 0.2) is 48.8 Å². The molecule has 1 aromatic carbocycles. The number of pyridine rings is 1. The van der Waals surface area contributed by atoms with E-state index >= 15 is 0 Å². The van der Waals surface area contributed by atoms with Gasteiger partial charge in [0.25, 0.3) is 5.91 Å². The molecular formula is C21H23N3O2. The Labute approximate surface area is 153 Å². The molecule has 0 bridgehead atoms. The lowest BCUT2D eigenvalue weighted by molar-refractivity contribution is -0.121. The number of likely N-dealkylation sites (tertiary alicyclic amines) is 1. The summed E-state index contributed by atoms with van der Waals surface area (Å²) in [5.74, 6) is 0.0540. The van der Waals surface area contributed by atoms with Crippen molar-refractivity contribution >= 4 is 11.8 Å². The molecule has 2 aromatic rings. The van der Waals surface area contributed by atoms with Crippen molar-refractivity contribution in [2.75, 3.05) is 13.1 Å². The number of hydrogen-bond acceptors (Lipinski definition) is 3. The van der Waals surface area contributed by atoms with E-state index in [1.54, 1.807) is 12.4 Å². The van der Waals surface area contributed by atoms with Crippen LogP contribution >= 0.6 is 0 Å². The summed E-state index contributed by atoms with van der Waals surface area (Å²) in [4.78, 5) is 31.2. The first-order chi connectivity index (χ1) is 12.6. The summed E-state index contributed by atoms with van der Waals surface area (Å²) < 4.78 is 0. The minimum atomic E-state index is -0.181. The van der Waals surface area contributed by atoms with Crippen LogP contribution in [0, 0.1) is 6.92 Å². The first kappa shape index (κ1) is 16.8. The first-order valence-electron chi connectivity index (χ1n) is 9.14. The Bertz CT molecular complexity index is 826. The molecule has 5 nitrogen and oxygen atoms in total. The molecule has 2 fully saturated rings. The van der Waals surface area contributed by atoms with Crippen LogP contribution in [-0.4, -0.2) is 40.3 Å². The predicted molar refractivity (Wildman–Crippen MR) is 98.8 cm³/mol. The van der Waals surface area contributed by atoms with Crippen molar-refractivity contribution < 1.29 is 9.59 Å². The van der Waals surface area contributed by atoms with E-state index in [0.29, 0.717) is 18.7 Å². The maximum atomic E-state index is 12.7. The first-order valence-corrected chi connectivity index (χ1v) is 9.14. The van der Waals surface area contributed by atoms with Crippen molar-refractivity contribution in [1.29, 1.82) is 0 Å². The molecule has 134 valence electrons. The zero-order valence-corrected chi connectivity index (χ0v) is 14.9. The van der Waals surface area contributed by atoms with Crippen LogP contribution in [0.2, 0.25) is 0 Å². The Morgan fingerprint density at radius 2 is 1.92 bits per heavy atom. The average molecular weight is 349 g/mol. The summed E-state index contributed by atoms with van der Waals surface area (Å²) in [7, 11) is 0. The Morgan fingerprint density at radius 3 is 2.62 bits per heavy atom. The molecule has 2 amide bonds. The van der Waals surface area contributed by atoms with Gasteiger partial charge in [-0.3, -0.25) is 14.6 Å². The van der Waals surface area contributed by atoms with Gasteiger partial charge in [0.1, 0.15) is 0 Å². The third-order valence-corrected chi connectivity index (χ3v) is 5.63. The second kappa shape index (κ2) is 6.56. The number of carbonyl (C=O) groups is 2. The van der Waals surface area contributed by atoms with Crippen LogP contribution in [-0.2, 0) is 4.79 Å². The average Bonchev–Trinajstić information content (AvgIpc) is 2.98. The van der Waals surface area contributed by atoms with E-state index < -0.39 is 0 Å². The zero-order valence-electron chi connectivity index (χ0n) is 14.9. The SMILES string of the molecule is Cc1cncc(C(=O)N2CCC3(CC2)CC(c2ccccc2)C(=O)N3)c1. The molecule has 1 unspecified atom stereocenters. The lowest BCUT2D eigenvalue weighted by Gasteiger charge is -2.39. The number of nitrogens with one attached hydrogen (secondary N) is 1. The van der Waals surface area contributed by atoms with Crippen molar-refractivity contribution in [2.45, 2.75) is 37.6 Å². The molecule has 0 saturated carbocycles. The van der Waals surface area contributed by atoms with Crippen molar-refractivity contribution in [3.8, 4) is 0 Å². The Balaban J connectivity index is 1.43. The Kier molecular flexibility index (Phi) is 4.23. The highest BCUT2D eigenvalue weighted by Crippen LogP contribution is 2.39. The quantitative estimate of drug-likeness (QED) is 0.907. The maximum absolute atomic E-state index is 12.7. The standard InChI is InChI=1S/C21H23N3O2/c1-15-11-17(14-22-13-15)20(26)24-9-7-21(8-10-24)12-18(19(25)23-21)16-5-3-2-4-6-16/h2-6,11,13-14,18H,7-10,12H2,1H3,(H,23,25). The maximum Gasteiger partial charge on any atom is 0.255 e. The fourth-order valence-electron chi connectivity index (χ4n) is 4.16. The monoisotopic (exact) mass is 349 g/mol. The molecule has 0 aliphatic carbocycles. The number of carbonyl (C=O) groups excluding carboxylic acids is 2. The van der Waals surface area contributed by atoms with Crippen molar-refractivity contribution in [1.82, 2.24) is 15.2 Å². The highest BCUT2D eigenvalue weighted by Gasteiger charge is 2.46. The van der Waals surface area contributed by atoms with Crippen LogP contribution in [0.4, 0.5) is 0 Å². The lowest BCUT2D eigenvalue weighted by atomic mass is 9.82. The molecule has 5 heteroatoms. The van der Waals surface area contributed by atoms with Gasteiger partial charge in [-0.05, 0) is 43.4 Å². The number of piperidine rings is 1. The summed E-state index contributed by atoms with van der Waals surface area (Å²) in [5.41, 5.74) is 2.52. The molecule has 2 aliphatic heterocycles. The summed E-state index contributed by atoms with van der Waals surface area (Å²) >= 11 is 0. The van der Waals surface area contributed by atoms with E-state index in [1.165, 1.54) is 0 Å². The van der Waals surface area contributed by atoms with E-state index in [2.05, 4.69) is 10.3 Å². The van der Waals surface area contributed by atoms with E-state index in [0.717, 1.165) is 30.4 Å². The van der Waals surface area contributed by atoms with Crippen molar-refractivity contribution in [3.05, 3.63) is 65.5 Å². The third-order valence-electron chi connectivity index (χ3n) is 5.63. The third kappa shape index (κ3) is 3.09. The molecule has 2 saturated heterocycles. The van der Waals surface area contributed by atoms with Crippen LogP contribution in [0.5, 0.6) is 0 Å². The highest BCUT2D eigenvalue weighted by atomic mass is 16.2. The number of nitrogens with zero attached hydrogens (tertiary/aromatic N) is 2.